The first kappa shape index (κ1) is 32.7. The number of benzene rings is 1. The van der Waals surface area contributed by atoms with E-state index >= 15 is 0 Å². The van der Waals surface area contributed by atoms with Gasteiger partial charge in [-0.2, -0.15) is 0 Å². The number of carboxylic acids is 1. The molecule has 208 valence electrons. The van der Waals surface area contributed by atoms with E-state index in [0.29, 0.717) is 5.56 Å². The third-order valence-electron chi connectivity index (χ3n) is 7.66. The first-order valence-electron chi connectivity index (χ1n) is 15.8. The van der Waals surface area contributed by atoms with Gasteiger partial charge in [-0.3, -0.25) is 0 Å². The van der Waals surface area contributed by atoms with E-state index in [2.05, 4.69) is 32.2 Å². The minimum absolute atomic E-state index is 0.380. The molecule has 3 nitrogen and oxygen atoms in total. The Morgan fingerprint density at radius 1 is 0.611 bits per heavy atom. The molecule has 3 heteroatoms. The van der Waals surface area contributed by atoms with Gasteiger partial charge >= 0.3 is 0 Å². The topological polar surface area (TPSA) is 56.7 Å². The number of carbonyl (C=O) groups is 1. The normalized spacial score (nSPS) is 11.3. The number of nitrogens with two attached hydrogens (primary N) is 1. The zero-order valence-corrected chi connectivity index (χ0v) is 24.3. The Morgan fingerprint density at radius 2 is 1.03 bits per heavy atom. The number of carboxylic acid groups (broad SMARTS) is 1. The molecule has 0 saturated heterocycles. The van der Waals surface area contributed by atoms with Crippen molar-refractivity contribution in [3.05, 3.63) is 28.8 Å². The Labute approximate surface area is 224 Å². The van der Waals surface area contributed by atoms with Crippen molar-refractivity contribution in [1.82, 2.24) is 0 Å². The lowest BCUT2D eigenvalue weighted by Crippen LogP contribution is -2.78. The van der Waals surface area contributed by atoms with Crippen molar-refractivity contribution in [2.45, 2.75) is 162 Å². The smallest absolute Gasteiger partial charge is 0.142 e. The van der Waals surface area contributed by atoms with E-state index in [4.69, 9.17) is 0 Å². The van der Waals surface area contributed by atoms with E-state index in [0.717, 1.165) is 31.5 Å². The van der Waals surface area contributed by atoms with Crippen molar-refractivity contribution < 1.29 is 15.2 Å². The van der Waals surface area contributed by atoms with Crippen LogP contribution in [0.2, 0.25) is 0 Å². The van der Waals surface area contributed by atoms with Crippen molar-refractivity contribution >= 4 is 11.7 Å². The minimum Gasteiger partial charge on any atom is -0.545 e. The molecule has 0 atom stereocenters. The molecule has 36 heavy (non-hydrogen) atoms. The minimum atomic E-state index is -1.04. The summed E-state index contributed by atoms with van der Waals surface area (Å²) < 4.78 is 0. The number of quaternary nitrogens is 1. The highest BCUT2D eigenvalue weighted by Crippen LogP contribution is 2.26. The van der Waals surface area contributed by atoms with Crippen LogP contribution < -0.4 is 10.4 Å². The lowest BCUT2D eigenvalue weighted by Gasteiger charge is -2.17. The van der Waals surface area contributed by atoms with Gasteiger partial charge in [-0.05, 0) is 44.2 Å². The Morgan fingerprint density at radius 3 is 1.44 bits per heavy atom. The SMILES string of the molecule is CCCCCCCCCCCCc1ccc(C(=O)[O-])c([NH2+]CC)c1CCCCCCCCCCCC. The first-order chi connectivity index (χ1) is 17.7. The van der Waals surface area contributed by atoms with E-state index in [1.165, 1.54) is 133 Å². The number of aromatic carboxylic acids is 1. The maximum Gasteiger partial charge on any atom is 0.142 e. The molecule has 0 aliphatic heterocycles. The van der Waals surface area contributed by atoms with Gasteiger partial charge in [0.25, 0.3) is 0 Å². The van der Waals surface area contributed by atoms with Gasteiger partial charge in [0, 0.05) is 5.56 Å². The maximum atomic E-state index is 11.8. The van der Waals surface area contributed by atoms with Crippen molar-refractivity contribution in [3.63, 3.8) is 0 Å². The van der Waals surface area contributed by atoms with Crippen LogP contribution in [0.5, 0.6) is 0 Å². The van der Waals surface area contributed by atoms with Gasteiger partial charge in [0.1, 0.15) is 5.69 Å². The molecule has 0 aliphatic rings. The summed E-state index contributed by atoms with van der Waals surface area (Å²) in [6.07, 6.45) is 28.8. The van der Waals surface area contributed by atoms with Crippen LogP contribution in [0.4, 0.5) is 5.69 Å². The second kappa shape index (κ2) is 22.8. The van der Waals surface area contributed by atoms with E-state index in [9.17, 15) is 9.90 Å². The Hall–Kier alpha value is -1.35. The number of hydrogen-bond acceptors (Lipinski definition) is 2. The van der Waals surface area contributed by atoms with Gasteiger partial charge in [0.05, 0.1) is 18.1 Å². The molecule has 0 spiro atoms. The molecule has 0 unspecified atom stereocenters. The standard InChI is InChI=1S/C33H59NO2/c1-4-7-9-11-13-15-17-19-21-23-25-29-27-28-31(33(35)36)32(34-6-3)30(29)26-24-22-20-18-16-14-12-10-8-5-2/h27-28,34H,4-26H2,1-3H3,(H,35,36). The molecule has 0 heterocycles. The lowest BCUT2D eigenvalue weighted by atomic mass is 9.92. The summed E-state index contributed by atoms with van der Waals surface area (Å²) in [5.74, 6) is -1.04. The van der Waals surface area contributed by atoms with E-state index in [-0.39, 0.29) is 0 Å². The largest absolute Gasteiger partial charge is 0.545 e. The third-order valence-corrected chi connectivity index (χ3v) is 7.66. The summed E-state index contributed by atoms with van der Waals surface area (Å²) >= 11 is 0. The molecule has 1 aromatic rings. The van der Waals surface area contributed by atoms with Crippen LogP contribution in [0, 0.1) is 0 Å². The number of hydrogen-bond donors (Lipinski definition) is 1. The van der Waals surface area contributed by atoms with Crippen molar-refractivity contribution in [3.8, 4) is 0 Å². The Balaban J connectivity index is 2.51. The van der Waals surface area contributed by atoms with Gasteiger partial charge in [-0.25, -0.2) is 0 Å². The molecule has 0 aliphatic carbocycles. The third kappa shape index (κ3) is 15.0. The second-order valence-electron chi connectivity index (χ2n) is 10.9. The molecule has 2 N–H and O–H groups in total. The summed E-state index contributed by atoms with van der Waals surface area (Å²) in [5, 5.41) is 13.9. The summed E-state index contributed by atoms with van der Waals surface area (Å²) in [7, 11) is 0. The highest BCUT2D eigenvalue weighted by molar-refractivity contribution is 5.91. The molecule has 0 amide bonds. The molecule has 0 bridgehead atoms. The van der Waals surface area contributed by atoms with Crippen LogP contribution in [0.1, 0.15) is 171 Å². The molecular formula is C33H59NO2. The quantitative estimate of drug-likeness (QED) is 0.108. The number of carbonyl (C=O) groups excluding carboxylic acids is 1. The van der Waals surface area contributed by atoms with E-state index in [1.54, 1.807) is 6.07 Å². The summed E-state index contributed by atoms with van der Waals surface area (Å²) in [4.78, 5) is 11.8. The fourth-order valence-electron chi connectivity index (χ4n) is 5.45. The van der Waals surface area contributed by atoms with Gasteiger partial charge in [0.2, 0.25) is 0 Å². The van der Waals surface area contributed by atoms with Crippen LogP contribution in [0.15, 0.2) is 12.1 Å². The molecule has 0 radical (unpaired) electrons. The number of rotatable bonds is 25. The molecule has 0 fully saturated rings. The molecule has 1 aromatic carbocycles. The zero-order valence-electron chi connectivity index (χ0n) is 24.3. The van der Waals surface area contributed by atoms with Crippen LogP contribution in [-0.4, -0.2) is 12.5 Å². The van der Waals surface area contributed by atoms with Crippen molar-refractivity contribution in [2.24, 2.45) is 0 Å². The van der Waals surface area contributed by atoms with Gasteiger partial charge in [-0.15, -0.1) is 0 Å². The monoisotopic (exact) mass is 501 g/mol. The fraction of sp³-hybridized carbons (Fsp3) is 0.788. The Bertz CT molecular complexity index is 670. The van der Waals surface area contributed by atoms with Crippen LogP contribution in [0.25, 0.3) is 0 Å². The average Bonchev–Trinajstić information content (AvgIpc) is 2.87. The van der Waals surface area contributed by atoms with E-state index < -0.39 is 5.97 Å². The van der Waals surface area contributed by atoms with Crippen molar-refractivity contribution in [2.75, 3.05) is 6.54 Å². The molecule has 1 rings (SSSR count). The predicted molar refractivity (Wildman–Crippen MR) is 154 cm³/mol. The summed E-state index contributed by atoms with van der Waals surface area (Å²) in [5.41, 5.74) is 3.98. The second-order valence-corrected chi connectivity index (χ2v) is 10.9. The number of unbranched alkanes of at least 4 members (excludes halogenated alkanes) is 18. The van der Waals surface area contributed by atoms with Gasteiger partial charge < -0.3 is 15.2 Å². The van der Waals surface area contributed by atoms with E-state index in [1.807, 2.05) is 0 Å². The highest BCUT2D eigenvalue weighted by atomic mass is 16.4. The Kier molecular flexibility index (Phi) is 20.7. The van der Waals surface area contributed by atoms with Crippen LogP contribution in [-0.2, 0) is 12.8 Å². The van der Waals surface area contributed by atoms with Crippen LogP contribution in [0.3, 0.4) is 0 Å². The fourth-order valence-corrected chi connectivity index (χ4v) is 5.45. The molecule has 0 aromatic heterocycles. The molecular weight excluding hydrogens is 442 g/mol. The van der Waals surface area contributed by atoms with Crippen molar-refractivity contribution in [1.29, 1.82) is 0 Å². The van der Waals surface area contributed by atoms with Gasteiger partial charge in [0.15, 0.2) is 0 Å². The van der Waals surface area contributed by atoms with Gasteiger partial charge in [-0.1, -0.05) is 135 Å². The maximum absolute atomic E-state index is 11.8. The first-order valence-corrected chi connectivity index (χ1v) is 15.8. The van der Waals surface area contributed by atoms with Crippen LogP contribution >= 0.6 is 0 Å². The summed E-state index contributed by atoms with van der Waals surface area (Å²) in [6, 6.07) is 3.88. The average molecular weight is 502 g/mol. The lowest BCUT2D eigenvalue weighted by molar-refractivity contribution is -0.568. The predicted octanol–water partition coefficient (Wildman–Crippen LogP) is 8.19. The highest BCUT2D eigenvalue weighted by Gasteiger charge is 2.17. The molecule has 0 saturated carbocycles. The summed E-state index contributed by atoms with van der Waals surface area (Å²) in [6.45, 7) is 7.50. The zero-order chi connectivity index (χ0) is 26.3. The number of aryl methyl sites for hydroxylation is 1.